The Morgan fingerprint density at radius 3 is 2.71 bits per heavy atom. The number of nitriles is 1. The van der Waals surface area contributed by atoms with E-state index in [0.29, 0.717) is 16.5 Å². The molecule has 0 aliphatic carbocycles. The molecule has 4 aromatic rings. The molecule has 0 fully saturated rings. The second kappa shape index (κ2) is 5.17. The third kappa shape index (κ3) is 1.92. The lowest BCUT2D eigenvalue weighted by Crippen LogP contribution is -2.30. The smallest absolute Gasteiger partial charge is 0.213 e. The zero-order chi connectivity index (χ0) is 16.8. The minimum Gasteiger partial charge on any atom is -0.452 e. The lowest BCUT2D eigenvalue weighted by molar-refractivity contribution is -0.660. The topological polar surface area (TPSA) is 40.8 Å². The molecule has 116 valence electrons. The van der Waals surface area contributed by atoms with Gasteiger partial charge >= 0.3 is 0 Å². The molecule has 0 aliphatic heterocycles. The lowest BCUT2D eigenvalue weighted by atomic mass is 9.95. The van der Waals surface area contributed by atoms with Crippen molar-refractivity contribution in [3.8, 4) is 17.3 Å². The predicted octanol–water partition coefficient (Wildman–Crippen LogP) is 4.40. The predicted molar refractivity (Wildman–Crippen MR) is 89.7 cm³/mol. The maximum absolute atomic E-state index is 14.2. The number of pyridine rings is 1. The van der Waals surface area contributed by atoms with Crippen LogP contribution in [0.15, 0.2) is 53.1 Å². The molecule has 2 aromatic carbocycles. The average Bonchev–Trinajstić information content (AvgIpc) is 2.96. The van der Waals surface area contributed by atoms with Crippen LogP contribution in [0, 0.1) is 24.1 Å². The summed E-state index contributed by atoms with van der Waals surface area (Å²) in [6.45, 7) is 1.96. The standard InChI is InChI=1S/C20H14FN2O/c1-12-10-13(11-22)19-18(14-6-5-7-15(21)20(14)24-19)17(12)16-8-3-4-9-23(16)2/h3-10H,1-2H3/q+1. The highest BCUT2D eigenvalue weighted by Gasteiger charge is 2.23. The van der Waals surface area contributed by atoms with E-state index in [2.05, 4.69) is 6.07 Å². The summed E-state index contributed by atoms with van der Waals surface area (Å²) in [5.41, 5.74) is 3.93. The molecule has 0 N–H and O–H groups in total. The van der Waals surface area contributed by atoms with Gasteiger partial charge in [-0.05, 0) is 30.7 Å². The van der Waals surface area contributed by atoms with Gasteiger partial charge in [0.15, 0.2) is 23.2 Å². The molecule has 0 aliphatic rings. The number of aryl methyl sites for hydroxylation is 2. The Labute approximate surface area is 138 Å². The van der Waals surface area contributed by atoms with E-state index in [9.17, 15) is 9.65 Å². The molecule has 0 spiro atoms. The van der Waals surface area contributed by atoms with Crippen LogP contribution in [0.5, 0.6) is 0 Å². The number of hydrogen-bond acceptors (Lipinski definition) is 2. The van der Waals surface area contributed by atoms with Gasteiger partial charge in [-0.1, -0.05) is 12.1 Å². The second-order valence-electron chi connectivity index (χ2n) is 5.85. The molecule has 0 radical (unpaired) electrons. The molecule has 0 unspecified atom stereocenters. The molecule has 4 heteroatoms. The van der Waals surface area contributed by atoms with Crippen LogP contribution >= 0.6 is 0 Å². The lowest BCUT2D eigenvalue weighted by Gasteiger charge is -2.07. The van der Waals surface area contributed by atoms with E-state index in [-0.39, 0.29) is 5.58 Å². The van der Waals surface area contributed by atoms with Crippen LogP contribution in [-0.2, 0) is 7.05 Å². The van der Waals surface area contributed by atoms with Gasteiger partial charge in [-0.2, -0.15) is 5.26 Å². The van der Waals surface area contributed by atoms with E-state index in [4.69, 9.17) is 4.42 Å². The first-order valence-corrected chi connectivity index (χ1v) is 7.61. The normalized spacial score (nSPS) is 11.1. The Bertz CT molecular complexity index is 1150. The Hall–Kier alpha value is -3.19. The van der Waals surface area contributed by atoms with Gasteiger partial charge in [-0.3, -0.25) is 0 Å². The van der Waals surface area contributed by atoms with Crippen LogP contribution in [-0.4, -0.2) is 0 Å². The minimum atomic E-state index is -0.423. The monoisotopic (exact) mass is 317 g/mol. The summed E-state index contributed by atoms with van der Waals surface area (Å²) in [5.74, 6) is -0.423. The number of furan rings is 1. The summed E-state index contributed by atoms with van der Waals surface area (Å²) in [5, 5.41) is 10.9. The van der Waals surface area contributed by atoms with Crippen molar-refractivity contribution in [1.29, 1.82) is 5.26 Å². The van der Waals surface area contributed by atoms with Crippen molar-refractivity contribution in [3.05, 3.63) is 65.6 Å². The fourth-order valence-electron chi connectivity index (χ4n) is 3.27. The Balaban J connectivity index is 2.29. The Kier molecular flexibility index (Phi) is 3.10. The van der Waals surface area contributed by atoms with Crippen molar-refractivity contribution in [2.45, 2.75) is 6.92 Å². The molecular weight excluding hydrogens is 303 g/mol. The molecule has 0 saturated heterocycles. The fraction of sp³-hybridized carbons (Fsp3) is 0.100. The van der Waals surface area contributed by atoms with Crippen molar-refractivity contribution >= 4 is 21.9 Å². The van der Waals surface area contributed by atoms with Gasteiger partial charge in [0.1, 0.15) is 13.1 Å². The zero-order valence-electron chi connectivity index (χ0n) is 13.3. The SMILES string of the molecule is Cc1cc(C#N)c2oc3c(F)cccc3c2c1-c1cccc[n+]1C. The van der Waals surface area contributed by atoms with Gasteiger partial charge in [-0.15, -0.1) is 0 Å². The average molecular weight is 317 g/mol. The first kappa shape index (κ1) is 14.4. The maximum Gasteiger partial charge on any atom is 0.213 e. The molecule has 0 amide bonds. The highest BCUT2D eigenvalue weighted by molar-refractivity contribution is 6.14. The minimum absolute atomic E-state index is 0.189. The first-order valence-electron chi connectivity index (χ1n) is 7.61. The van der Waals surface area contributed by atoms with E-state index in [1.807, 2.05) is 49.0 Å². The van der Waals surface area contributed by atoms with Gasteiger partial charge in [0.2, 0.25) is 5.69 Å². The number of hydrogen-bond donors (Lipinski definition) is 0. The van der Waals surface area contributed by atoms with Crippen LogP contribution in [0.25, 0.3) is 33.2 Å². The van der Waals surface area contributed by atoms with Gasteiger partial charge in [0.05, 0.1) is 11.1 Å². The van der Waals surface area contributed by atoms with Crippen molar-refractivity contribution in [2.24, 2.45) is 7.05 Å². The van der Waals surface area contributed by atoms with Gasteiger partial charge < -0.3 is 4.42 Å². The van der Waals surface area contributed by atoms with Gasteiger partial charge in [-0.25, -0.2) is 8.96 Å². The number of benzene rings is 2. The largest absolute Gasteiger partial charge is 0.452 e. The van der Waals surface area contributed by atoms with Crippen molar-refractivity contribution in [2.75, 3.05) is 0 Å². The number of aromatic nitrogens is 1. The quantitative estimate of drug-likeness (QED) is 0.488. The van der Waals surface area contributed by atoms with Crippen LogP contribution in [0.4, 0.5) is 4.39 Å². The van der Waals surface area contributed by atoms with Crippen molar-refractivity contribution < 1.29 is 13.4 Å². The molecule has 0 bridgehead atoms. The molecule has 2 aromatic heterocycles. The Morgan fingerprint density at radius 2 is 1.96 bits per heavy atom. The second-order valence-corrected chi connectivity index (χ2v) is 5.85. The van der Waals surface area contributed by atoms with Crippen molar-refractivity contribution in [3.63, 3.8) is 0 Å². The van der Waals surface area contributed by atoms with E-state index < -0.39 is 5.82 Å². The summed E-state index contributed by atoms with van der Waals surface area (Å²) in [6, 6.07) is 14.7. The third-order valence-electron chi connectivity index (χ3n) is 4.35. The zero-order valence-corrected chi connectivity index (χ0v) is 13.3. The third-order valence-corrected chi connectivity index (χ3v) is 4.35. The number of halogens is 1. The Morgan fingerprint density at radius 1 is 1.12 bits per heavy atom. The maximum atomic E-state index is 14.2. The number of nitrogens with zero attached hydrogens (tertiary/aromatic N) is 2. The number of rotatable bonds is 1. The van der Waals surface area contributed by atoms with E-state index in [0.717, 1.165) is 22.2 Å². The molecule has 24 heavy (non-hydrogen) atoms. The number of fused-ring (bicyclic) bond motifs is 3. The molecule has 0 atom stereocenters. The highest BCUT2D eigenvalue weighted by atomic mass is 19.1. The first-order chi connectivity index (χ1) is 11.6. The van der Waals surface area contributed by atoms with Crippen LogP contribution in [0.3, 0.4) is 0 Å². The van der Waals surface area contributed by atoms with Crippen LogP contribution in [0.2, 0.25) is 0 Å². The van der Waals surface area contributed by atoms with E-state index >= 15 is 0 Å². The molecule has 0 saturated carbocycles. The summed E-state index contributed by atoms with van der Waals surface area (Å²) in [4.78, 5) is 0. The van der Waals surface area contributed by atoms with E-state index in [1.165, 1.54) is 6.07 Å². The van der Waals surface area contributed by atoms with Gasteiger partial charge in [0.25, 0.3) is 0 Å². The molecule has 2 heterocycles. The van der Waals surface area contributed by atoms with Crippen LogP contribution in [0.1, 0.15) is 11.1 Å². The molecular formula is C20H14FN2O+. The van der Waals surface area contributed by atoms with E-state index in [1.54, 1.807) is 12.1 Å². The summed E-state index contributed by atoms with van der Waals surface area (Å²) >= 11 is 0. The van der Waals surface area contributed by atoms with Crippen molar-refractivity contribution in [1.82, 2.24) is 0 Å². The molecule has 3 nitrogen and oxygen atoms in total. The molecule has 4 rings (SSSR count). The summed E-state index contributed by atoms with van der Waals surface area (Å²) < 4.78 is 22.0. The highest BCUT2D eigenvalue weighted by Crippen LogP contribution is 2.40. The summed E-state index contributed by atoms with van der Waals surface area (Å²) in [6.07, 6.45) is 1.96. The summed E-state index contributed by atoms with van der Waals surface area (Å²) in [7, 11) is 1.96. The fourth-order valence-corrected chi connectivity index (χ4v) is 3.27. The van der Waals surface area contributed by atoms with Crippen LogP contribution < -0.4 is 4.57 Å². The van der Waals surface area contributed by atoms with Gasteiger partial charge in [0, 0.05) is 22.9 Å². The number of para-hydroxylation sites is 1.